The van der Waals surface area contributed by atoms with Gasteiger partial charge in [-0.25, -0.2) is 13.4 Å². The molecule has 0 bridgehead atoms. The molecule has 0 saturated carbocycles. The molecule has 0 unspecified atom stereocenters. The van der Waals surface area contributed by atoms with Crippen molar-refractivity contribution in [2.75, 3.05) is 23.5 Å². The maximum Gasteiger partial charge on any atom is 0.151 e. The zero-order valence-corrected chi connectivity index (χ0v) is 11.7. The van der Waals surface area contributed by atoms with Gasteiger partial charge in [0.1, 0.15) is 9.84 Å². The number of fused-ring (bicyclic) bond motifs is 1. The molecule has 0 amide bonds. The third kappa shape index (κ3) is 3.58. The predicted molar refractivity (Wildman–Crippen MR) is 74.5 cm³/mol. The normalized spacial score (nSPS) is 12.1. The average Bonchev–Trinajstić information content (AvgIpc) is 2.57. The molecule has 2 N–H and O–H groups in total. The Bertz CT molecular complexity index is 634. The van der Waals surface area contributed by atoms with Crippen molar-refractivity contribution in [2.24, 2.45) is 0 Å². The fourth-order valence-electron chi connectivity index (χ4n) is 1.26. The van der Waals surface area contributed by atoms with E-state index in [1.165, 1.54) is 29.4 Å². The number of nitrogens with zero attached hydrogens (tertiary/aromatic N) is 1. The van der Waals surface area contributed by atoms with Crippen molar-refractivity contribution in [1.29, 1.82) is 0 Å². The standard InChI is InChI=1S/C10H12N2O2S3/c1-17(13,14)5-4-15-10-12-8-3-2-7(11)6-9(8)16-10/h2-3,6H,4-5,11H2,1H3. The molecule has 0 fully saturated rings. The first-order chi connectivity index (χ1) is 7.94. The molecule has 0 saturated heterocycles. The third-order valence-electron chi connectivity index (χ3n) is 2.07. The lowest BCUT2D eigenvalue weighted by molar-refractivity contribution is 0.603. The van der Waals surface area contributed by atoms with Crippen LogP contribution in [0.1, 0.15) is 0 Å². The van der Waals surface area contributed by atoms with Crippen LogP contribution in [0.15, 0.2) is 22.5 Å². The lowest BCUT2D eigenvalue weighted by Crippen LogP contribution is -2.04. The van der Waals surface area contributed by atoms with Crippen LogP contribution >= 0.6 is 23.1 Å². The molecule has 0 aliphatic heterocycles. The molecule has 0 radical (unpaired) electrons. The highest BCUT2D eigenvalue weighted by molar-refractivity contribution is 8.02. The lowest BCUT2D eigenvalue weighted by atomic mass is 10.3. The Morgan fingerprint density at radius 3 is 2.94 bits per heavy atom. The molecule has 17 heavy (non-hydrogen) atoms. The second kappa shape index (κ2) is 4.83. The second-order valence-corrected chi connectivity index (χ2v) is 8.32. The van der Waals surface area contributed by atoms with Crippen LogP contribution in [0.3, 0.4) is 0 Å². The summed E-state index contributed by atoms with van der Waals surface area (Å²) >= 11 is 3.01. The van der Waals surface area contributed by atoms with E-state index >= 15 is 0 Å². The van der Waals surface area contributed by atoms with E-state index < -0.39 is 9.84 Å². The van der Waals surface area contributed by atoms with Gasteiger partial charge in [-0.15, -0.1) is 11.3 Å². The Morgan fingerprint density at radius 2 is 2.24 bits per heavy atom. The second-order valence-electron chi connectivity index (χ2n) is 3.69. The van der Waals surface area contributed by atoms with E-state index in [0.29, 0.717) is 11.4 Å². The van der Waals surface area contributed by atoms with Crippen LogP contribution < -0.4 is 5.73 Å². The van der Waals surface area contributed by atoms with Crippen LogP contribution in [0.2, 0.25) is 0 Å². The SMILES string of the molecule is CS(=O)(=O)CCSc1nc2ccc(N)cc2s1. The number of nitrogen functional groups attached to an aromatic ring is 1. The van der Waals surface area contributed by atoms with Crippen LogP contribution in [-0.4, -0.2) is 31.2 Å². The van der Waals surface area contributed by atoms with Gasteiger partial charge in [-0.1, -0.05) is 11.8 Å². The molecule has 92 valence electrons. The van der Waals surface area contributed by atoms with Crippen LogP contribution in [-0.2, 0) is 9.84 Å². The van der Waals surface area contributed by atoms with Gasteiger partial charge in [-0.3, -0.25) is 0 Å². The number of rotatable bonds is 4. The lowest BCUT2D eigenvalue weighted by Gasteiger charge is -1.95. The van der Waals surface area contributed by atoms with Crippen molar-refractivity contribution >= 4 is 48.8 Å². The van der Waals surface area contributed by atoms with E-state index in [2.05, 4.69) is 4.98 Å². The summed E-state index contributed by atoms with van der Waals surface area (Å²) in [4.78, 5) is 4.40. The minimum atomic E-state index is -2.90. The fourth-order valence-corrected chi connectivity index (χ4v) is 4.64. The molecule has 0 aliphatic carbocycles. The summed E-state index contributed by atoms with van der Waals surface area (Å²) < 4.78 is 23.9. The highest BCUT2D eigenvalue weighted by Crippen LogP contribution is 2.30. The largest absolute Gasteiger partial charge is 0.399 e. The Morgan fingerprint density at radius 1 is 1.47 bits per heavy atom. The maximum atomic E-state index is 11.0. The third-order valence-corrected chi connectivity index (χ3v) is 5.44. The molecule has 0 spiro atoms. The van der Waals surface area contributed by atoms with Gasteiger partial charge in [0.05, 0.1) is 16.0 Å². The highest BCUT2D eigenvalue weighted by atomic mass is 32.2. The smallest absolute Gasteiger partial charge is 0.151 e. The van der Waals surface area contributed by atoms with Crippen molar-refractivity contribution in [3.8, 4) is 0 Å². The van der Waals surface area contributed by atoms with Gasteiger partial charge in [0.25, 0.3) is 0 Å². The topological polar surface area (TPSA) is 73.0 Å². The molecule has 0 aliphatic rings. The molecule has 0 atom stereocenters. The number of thioether (sulfide) groups is 1. The quantitative estimate of drug-likeness (QED) is 0.688. The Kier molecular flexibility index (Phi) is 3.60. The number of anilines is 1. The van der Waals surface area contributed by atoms with Crippen molar-refractivity contribution < 1.29 is 8.42 Å². The Balaban J connectivity index is 2.09. The van der Waals surface area contributed by atoms with Crippen LogP contribution in [0.5, 0.6) is 0 Å². The van der Waals surface area contributed by atoms with Gasteiger partial charge in [-0.05, 0) is 18.2 Å². The zero-order valence-electron chi connectivity index (χ0n) is 9.21. The van der Waals surface area contributed by atoms with Crippen LogP contribution in [0.4, 0.5) is 5.69 Å². The molecular formula is C10H12N2O2S3. The summed E-state index contributed by atoms with van der Waals surface area (Å²) in [5.41, 5.74) is 7.31. The summed E-state index contributed by atoms with van der Waals surface area (Å²) in [6.07, 6.45) is 1.24. The number of nitrogens with two attached hydrogens (primary N) is 1. The Hall–Kier alpha value is -0.790. The zero-order chi connectivity index (χ0) is 12.5. The molecule has 2 aromatic rings. The summed E-state index contributed by atoms with van der Waals surface area (Å²) in [6, 6.07) is 5.57. The fraction of sp³-hybridized carbons (Fsp3) is 0.300. The number of sulfone groups is 1. The summed E-state index contributed by atoms with van der Waals surface area (Å²) in [7, 11) is -2.90. The van der Waals surface area contributed by atoms with Crippen molar-refractivity contribution in [3.63, 3.8) is 0 Å². The first-order valence-corrected chi connectivity index (χ1v) is 8.77. The summed E-state index contributed by atoms with van der Waals surface area (Å²) in [5, 5.41) is 0. The maximum absolute atomic E-state index is 11.0. The highest BCUT2D eigenvalue weighted by Gasteiger charge is 2.07. The number of hydrogen-bond acceptors (Lipinski definition) is 6. The molecule has 7 heteroatoms. The van der Waals surface area contributed by atoms with Gasteiger partial charge in [0.2, 0.25) is 0 Å². The minimum Gasteiger partial charge on any atom is -0.399 e. The van der Waals surface area contributed by atoms with E-state index in [-0.39, 0.29) is 5.75 Å². The van der Waals surface area contributed by atoms with Gasteiger partial charge >= 0.3 is 0 Å². The summed E-state index contributed by atoms with van der Waals surface area (Å²) in [6.45, 7) is 0. The average molecular weight is 288 g/mol. The minimum absolute atomic E-state index is 0.176. The Labute approximate surface area is 108 Å². The van der Waals surface area contributed by atoms with E-state index in [4.69, 9.17) is 5.73 Å². The molecule has 1 heterocycles. The van der Waals surface area contributed by atoms with Crippen molar-refractivity contribution in [2.45, 2.75) is 4.34 Å². The first-order valence-electron chi connectivity index (χ1n) is 4.91. The predicted octanol–water partition coefficient (Wildman–Crippen LogP) is 2.02. The van der Waals surface area contributed by atoms with Gasteiger partial charge in [-0.2, -0.15) is 0 Å². The van der Waals surface area contributed by atoms with Crippen LogP contribution in [0, 0.1) is 0 Å². The van der Waals surface area contributed by atoms with Crippen molar-refractivity contribution in [1.82, 2.24) is 4.98 Å². The van der Waals surface area contributed by atoms with E-state index in [1.54, 1.807) is 0 Å². The summed E-state index contributed by atoms with van der Waals surface area (Å²) in [5.74, 6) is 0.712. The van der Waals surface area contributed by atoms with Gasteiger partial charge in [0, 0.05) is 17.7 Å². The number of hydrogen-bond donors (Lipinski definition) is 1. The number of thiazole rings is 1. The molecule has 1 aromatic heterocycles. The molecule has 4 nitrogen and oxygen atoms in total. The number of benzene rings is 1. The monoisotopic (exact) mass is 288 g/mol. The molecular weight excluding hydrogens is 276 g/mol. The molecule has 1 aromatic carbocycles. The van der Waals surface area contributed by atoms with Crippen molar-refractivity contribution in [3.05, 3.63) is 18.2 Å². The van der Waals surface area contributed by atoms with E-state index in [9.17, 15) is 8.42 Å². The van der Waals surface area contributed by atoms with E-state index in [0.717, 1.165) is 14.6 Å². The number of aromatic nitrogens is 1. The van der Waals surface area contributed by atoms with Gasteiger partial charge in [0.15, 0.2) is 4.34 Å². The van der Waals surface area contributed by atoms with Crippen LogP contribution in [0.25, 0.3) is 10.2 Å². The van der Waals surface area contributed by atoms with E-state index in [1.807, 2.05) is 18.2 Å². The van der Waals surface area contributed by atoms with Gasteiger partial charge < -0.3 is 5.73 Å². The molecule has 2 rings (SSSR count). The first kappa shape index (κ1) is 12.7.